The van der Waals surface area contributed by atoms with E-state index in [2.05, 4.69) is 9.97 Å². The number of nitrogen functional groups attached to an aromatic ring is 1. The molecule has 0 radical (unpaired) electrons. The molecule has 0 bridgehead atoms. The van der Waals surface area contributed by atoms with E-state index in [-0.39, 0.29) is 17.4 Å². The number of aryl methyl sites for hydroxylation is 1. The maximum absolute atomic E-state index is 13.6. The minimum Gasteiger partial charge on any atom is -0.448 e. The number of rotatable bonds is 2. The average molecular weight is 286 g/mol. The van der Waals surface area contributed by atoms with Gasteiger partial charge in [-0.1, -0.05) is 12.1 Å². The van der Waals surface area contributed by atoms with Gasteiger partial charge < -0.3 is 10.5 Å². The van der Waals surface area contributed by atoms with Crippen LogP contribution in [-0.2, 0) is 7.05 Å². The molecule has 3 aromatic rings. The number of halogens is 1. The zero-order valence-corrected chi connectivity index (χ0v) is 11.1. The number of fused-ring (bicyclic) bond motifs is 1. The summed E-state index contributed by atoms with van der Waals surface area (Å²) in [5, 5.41) is 0.567. The standard InChI is InChI=1S/C14H11FN4O2/c1-19-12-8(7-17-14(16)18-12)6-11(13(19)20)21-10-5-3-2-4-9(10)15/h2-7H,1H3,(H2,16,17,18). The molecule has 21 heavy (non-hydrogen) atoms. The van der Waals surface area contributed by atoms with Crippen molar-refractivity contribution in [3.05, 3.63) is 52.7 Å². The van der Waals surface area contributed by atoms with Gasteiger partial charge in [0.1, 0.15) is 5.65 Å². The minimum atomic E-state index is -0.548. The molecule has 0 spiro atoms. The first-order valence-electron chi connectivity index (χ1n) is 6.11. The number of nitrogens with zero attached hydrogens (tertiary/aromatic N) is 3. The third-order valence-corrected chi connectivity index (χ3v) is 2.99. The fourth-order valence-electron chi connectivity index (χ4n) is 1.95. The summed E-state index contributed by atoms with van der Waals surface area (Å²) in [4.78, 5) is 20.1. The summed E-state index contributed by atoms with van der Waals surface area (Å²) in [6, 6.07) is 7.32. The first-order chi connectivity index (χ1) is 10.1. The number of anilines is 1. The zero-order chi connectivity index (χ0) is 15.0. The van der Waals surface area contributed by atoms with E-state index in [9.17, 15) is 9.18 Å². The van der Waals surface area contributed by atoms with E-state index >= 15 is 0 Å². The first-order valence-corrected chi connectivity index (χ1v) is 6.11. The fourth-order valence-corrected chi connectivity index (χ4v) is 1.95. The minimum absolute atomic E-state index is 0.0107. The van der Waals surface area contributed by atoms with Gasteiger partial charge >= 0.3 is 0 Å². The molecule has 0 aliphatic rings. The highest BCUT2D eigenvalue weighted by atomic mass is 19.1. The molecule has 0 unspecified atom stereocenters. The summed E-state index contributed by atoms with van der Waals surface area (Å²) in [6.45, 7) is 0. The number of pyridine rings is 1. The van der Waals surface area contributed by atoms with Gasteiger partial charge in [-0.05, 0) is 18.2 Å². The Morgan fingerprint density at radius 2 is 2.05 bits per heavy atom. The van der Waals surface area contributed by atoms with E-state index in [4.69, 9.17) is 10.5 Å². The van der Waals surface area contributed by atoms with Crippen molar-refractivity contribution in [1.29, 1.82) is 0 Å². The number of ether oxygens (including phenoxy) is 1. The van der Waals surface area contributed by atoms with E-state index in [0.717, 1.165) is 0 Å². The molecule has 2 heterocycles. The Kier molecular flexibility index (Phi) is 3.02. The Morgan fingerprint density at radius 1 is 1.29 bits per heavy atom. The summed E-state index contributed by atoms with van der Waals surface area (Å²) >= 11 is 0. The molecule has 0 saturated carbocycles. The maximum atomic E-state index is 13.6. The number of hydrogen-bond acceptors (Lipinski definition) is 5. The van der Waals surface area contributed by atoms with Gasteiger partial charge in [0.15, 0.2) is 17.3 Å². The van der Waals surface area contributed by atoms with Gasteiger partial charge in [0.25, 0.3) is 5.56 Å². The molecule has 1 aromatic carbocycles. The Labute approximate surface area is 118 Å². The molecule has 106 valence electrons. The molecule has 2 aromatic heterocycles. The third kappa shape index (κ3) is 2.29. The van der Waals surface area contributed by atoms with Gasteiger partial charge in [0.05, 0.1) is 0 Å². The van der Waals surface area contributed by atoms with Crippen molar-refractivity contribution in [2.75, 3.05) is 5.73 Å². The average Bonchev–Trinajstić information content (AvgIpc) is 2.47. The summed E-state index contributed by atoms with van der Waals surface area (Å²) < 4.78 is 20.2. The topological polar surface area (TPSA) is 83.0 Å². The quantitative estimate of drug-likeness (QED) is 0.777. The number of benzene rings is 1. The lowest BCUT2D eigenvalue weighted by Gasteiger charge is -2.09. The molecule has 0 atom stereocenters. The van der Waals surface area contributed by atoms with Crippen LogP contribution in [0.1, 0.15) is 0 Å². The van der Waals surface area contributed by atoms with Crippen LogP contribution >= 0.6 is 0 Å². The second-order valence-electron chi connectivity index (χ2n) is 4.41. The van der Waals surface area contributed by atoms with Crippen molar-refractivity contribution in [1.82, 2.24) is 14.5 Å². The third-order valence-electron chi connectivity index (χ3n) is 2.99. The van der Waals surface area contributed by atoms with Gasteiger partial charge in [0, 0.05) is 18.6 Å². The molecular weight excluding hydrogens is 275 g/mol. The molecule has 6 nitrogen and oxygen atoms in total. The van der Waals surface area contributed by atoms with Crippen molar-refractivity contribution >= 4 is 17.0 Å². The SMILES string of the molecule is Cn1c(=O)c(Oc2ccccc2F)cc2cnc(N)nc21. The van der Waals surface area contributed by atoms with E-state index in [1.54, 1.807) is 6.07 Å². The molecule has 0 amide bonds. The van der Waals surface area contributed by atoms with Crippen LogP contribution in [0.5, 0.6) is 11.5 Å². The Hall–Kier alpha value is -2.96. The lowest BCUT2D eigenvalue weighted by atomic mass is 10.3. The fraction of sp³-hybridized carbons (Fsp3) is 0.0714. The Morgan fingerprint density at radius 3 is 2.81 bits per heavy atom. The first kappa shape index (κ1) is 13.0. The predicted octanol–water partition coefficient (Wildman–Crippen LogP) is 1.84. The van der Waals surface area contributed by atoms with Crippen LogP contribution in [-0.4, -0.2) is 14.5 Å². The second kappa shape index (κ2) is 4.86. The summed E-state index contributed by atoms with van der Waals surface area (Å²) in [5.74, 6) is -0.512. The van der Waals surface area contributed by atoms with Gasteiger partial charge in [-0.25, -0.2) is 9.37 Å². The Bertz CT molecular complexity index is 892. The van der Waals surface area contributed by atoms with E-state index in [0.29, 0.717) is 11.0 Å². The van der Waals surface area contributed by atoms with Crippen LogP contribution in [0.25, 0.3) is 11.0 Å². The van der Waals surface area contributed by atoms with Gasteiger partial charge in [-0.2, -0.15) is 4.98 Å². The van der Waals surface area contributed by atoms with Crippen molar-refractivity contribution in [3.8, 4) is 11.5 Å². The highest BCUT2D eigenvalue weighted by Gasteiger charge is 2.12. The second-order valence-corrected chi connectivity index (χ2v) is 4.41. The lowest BCUT2D eigenvalue weighted by Crippen LogP contribution is -2.19. The molecule has 0 aliphatic heterocycles. The summed E-state index contributed by atoms with van der Waals surface area (Å²) in [5.41, 5.74) is 5.45. The molecule has 7 heteroatoms. The van der Waals surface area contributed by atoms with Crippen LogP contribution in [0.3, 0.4) is 0 Å². The number of para-hydroxylation sites is 1. The summed E-state index contributed by atoms with van der Waals surface area (Å²) in [6.07, 6.45) is 1.48. The monoisotopic (exact) mass is 286 g/mol. The highest BCUT2D eigenvalue weighted by Crippen LogP contribution is 2.23. The van der Waals surface area contributed by atoms with Gasteiger partial charge in [-0.3, -0.25) is 9.36 Å². The van der Waals surface area contributed by atoms with Crippen LogP contribution < -0.4 is 16.0 Å². The van der Waals surface area contributed by atoms with Crippen molar-refractivity contribution in [3.63, 3.8) is 0 Å². The molecular formula is C14H11FN4O2. The predicted molar refractivity (Wildman–Crippen MR) is 75.7 cm³/mol. The molecule has 0 fully saturated rings. The zero-order valence-electron chi connectivity index (χ0n) is 11.1. The Balaban J connectivity index is 2.16. The van der Waals surface area contributed by atoms with Crippen LogP contribution in [0.15, 0.2) is 41.3 Å². The molecule has 0 saturated heterocycles. The van der Waals surface area contributed by atoms with Crippen LogP contribution in [0, 0.1) is 5.82 Å². The number of nitrogens with two attached hydrogens (primary N) is 1. The molecule has 2 N–H and O–H groups in total. The van der Waals surface area contributed by atoms with E-state index in [1.807, 2.05) is 0 Å². The number of hydrogen-bond donors (Lipinski definition) is 1. The normalized spacial score (nSPS) is 10.8. The van der Waals surface area contributed by atoms with E-state index in [1.165, 1.54) is 42.1 Å². The van der Waals surface area contributed by atoms with Crippen LogP contribution in [0.2, 0.25) is 0 Å². The largest absolute Gasteiger partial charge is 0.448 e. The van der Waals surface area contributed by atoms with Gasteiger partial charge in [0.2, 0.25) is 5.95 Å². The smallest absolute Gasteiger partial charge is 0.294 e. The molecule has 0 aliphatic carbocycles. The van der Waals surface area contributed by atoms with Crippen molar-refractivity contribution < 1.29 is 9.13 Å². The van der Waals surface area contributed by atoms with Crippen LogP contribution in [0.4, 0.5) is 10.3 Å². The number of aromatic nitrogens is 3. The van der Waals surface area contributed by atoms with E-state index < -0.39 is 11.4 Å². The highest BCUT2D eigenvalue weighted by molar-refractivity contribution is 5.76. The van der Waals surface area contributed by atoms with Crippen molar-refractivity contribution in [2.24, 2.45) is 7.05 Å². The van der Waals surface area contributed by atoms with Gasteiger partial charge in [-0.15, -0.1) is 0 Å². The van der Waals surface area contributed by atoms with Crippen molar-refractivity contribution in [2.45, 2.75) is 0 Å². The maximum Gasteiger partial charge on any atom is 0.294 e. The summed E-state index contributed by atoms with van der Waals surface area (Å²) in [7, 11) is 1.53. The lowest BCUT2D eigenvalue weighted by molar-refractivity contribution is 0.434. The molecule has 3 rings (SSSR count).